The van der Waals surface area contributed by atoms with E-state index in [1.54, 1.807) is 38.1 Å². The van der Waals surface area contributed by atoms with Gasteiger partial charge >= 0.3 is 0 Å². The van der Waals surface area contributed by atoms with Gasteiger partial charge in [0.2, 0.25) is 0 Å². The number of carbonyl (C=O) groups is 1. The fourth-order valence-corrected chi connectivity index (χ4v) is 3.16. The number of hydrogen-bond acceptors (Lipinski definition) is 4. The van der Waals surface area contributed by atoms with Crippen LogP contribution in [-0.2, 0) is 11.4 Å². The van der Waals surface area contributed by atoms with E-state index in [0.29, 0.717) is 23.5 Å². The number of aliphatic hydroxyl groups excluding tert-OH is 1. The first kappa shape index (κ1) is 17.1. The molecule has 0 aliphatic carbocycles. The van der Waals surface area contributed by atoms with Crippen LogP contribution in [0.3, 0.4) is 0 Å². The van der Waals surface area contributed by atoms with Gasteiger partial charge in [0.05, 0.1) is 22.3 Å². The second kappa shape index (κ2) is 6.43. The van der Waals surface area contributed by atoms with Gasteiger partial charge in [0.1, 0.15) is 18.1 Å². The summed E-state index contributed by atoms with van der Waals surface area (Å²) < 4.78 is 5.81. The molecule has 3 aromatic rings. The number of nitrogens with one attached hydrogen (secondary N) is 1. The van der Waals surface area contributed by atoms with Crippen molar-refractivity contribution in [3.05, 3.63) is 77.7 Å². The van der Waals surface area contributed by atoms with Crippen molar-refractivity contribution in [2.75, 3.05) is 0 Å². The lowest BCUT2D eigenvalue weighted by Gasteiger charge is -2.17. The van der Waals surface area contributed by atoms with Crippen molar-refractivity contribution in [3.63, 3.8) is 0 Å². The maximum atomic E-state index is 12.1. The van der Waals surface area contributed by atoms with E-state index in [1.165, 1.54) is 0 Å². The molecule has 1 aromatic heterocycles. The van der Waals surface area contributed by atoms with Gasteiger partial charge in [-0.15, -0.1) is 0 Å². The number of nitrogens with zero attached hydrogens (tertiary/aromatic N) is 1. The van der Waals surface area contributed by atoms with Crippen molar-refractivity contribution < 1.29 is 14.6 Å². The fourth-order valence-electron chi connectivity index (χ4n) is 3.16. The topological polar surface area (TPSA) is 71.5 Å². The van der Waals surface area contributed by atoms with Crippen molar-refractivity contribution in [3.8, 4) is 5.75 Å². The molecule has 4 rings (SSSR count). The minimum Gasteiger partial charge on any atom is -0.509 e. The molecule has 0 radical (unpaired) electrons. The molecule has 1 aliphatic heterocycles. The molecule has 5 heteroatoms. The summed E-state index contributed by atoms with van der Waals surface area (Å²) in [5.41, 5.74) is 2.00. The van der Waals surface area contributed by atoms with Gasteiger partial charge in [-0.05, 0) is 43.7 Å². The third kappa shape index (κ3) is 3.24. The van der Waals surface area contributed by atoms with E-state index >= 15 is 0 Å². The molecule has 2 aromatic carbocycles. The highest BCUT2D eigenvalue weighted by molar-refractivity contribution is 6.23. The van der Waals surface area contributed by atoms with Crippen LogP contribution in [-0.4, -0.2) is 21.5 Å². The van der Waals surface area contributed by atoms with Crippen LogP contribution in [0.2, 0.25) is 0 Å². The quantitative estimate of drug-likeness (QED) is 0.738. The van der Waals surface area contributed by atoms with Gasteiger partial charge < -0.3 is 15.2 Å². The Balaban J connectivity index is 1.49. The van der Waals surface area contributed by atoms with Crippen molar-refractivity contribution in [2.24, 2.45) is 0 Å². The first-order chi connectivity index (χ1) is 12.9. The van der Waals surface area contributed by atoms with E-state index in [9.17, 15) is 9.90 Å². The number of aromatic nitrogens is 1. The lowest BCUT2D eigenvalue weighted by atomic mass is 9.99. The van der Waals surface area contributed by atoms with E-state index < -0.39 is 5.54 Å². The second-order valence-corrected chi connectivity index (χ2v) is 7.11. The predicted molar refractivity (Wildman–Crippen MR) is 104 cm³/mol. The van der Waals surface area contributed by atoms with Crippen LogP contribution >= 0.6 is 0 Å². The van der Waals surface area contributed by atoms with E-state index in [2.05, 4.69) is 10.3 Å². The molecular formula is C22H20N2O3. The SMILES string of the molecule is CC1(C)NC(=O)C(c2ccc(OCc3ccc4ccccc4n3)cc2)=C1O. The highest BCUT2D eigenvalue weighted by Gasteiger charge is 2.38. The summed E-state index contributed by atoms with van der Waals surface area (Å²) >= 11 is 0. The smallest absolute Gasteiger partial charge is 0.256 e. The molecule has 136 valence electrons. The summed E-state index contributed by atoms with van der Waals surface area (Å²) in [5, 5.41) is 14.2. The van der Waals surface area contributed by atoms with E-state index in [0.717, 1.165) is 16.6 Å². The van der Waals surface area contributed by atoms with Crippen molar-refractivity contribution in [1.29, 1.82) is 0 Å². The largest absolute Gasteiger partial charge is 0.509 e. The lowest BCUT2D eigenvalue weighted by molar-refractivity contribution is -0.115. The summed E-state index contributed by atoms with van der Waals surface area (Å²) in [6.45, 7) is 3.88. The Bertz CT molecular complexity index is 1050. The summed E-state index contributed by atoms with van der Waals surface area (Å²) in [4.78, 5) is 16.7. The minimum atomic E-state index is -0.747. The number of hydrogen-bond donors (Lipinski definition) is 2. The Labute approximate surface area is 157 Å². The molecule has 0 saturated carbocycles. The summed E-state index contributed by atoms with van der Waals surface area (Å²) in [5.74, 6) is 0.458. The van der Waals surface area contributed by atoms with Crippen molar-refractivity contribution in [2.45, 2.75) is 26.0 Å². The van der Waals surface area contributed by atoms with Crippen LogP contribution in [0.15, 0.2) is 66.4 Å². The Morgan fingerprint density at radius 3 is 2.48 bits per heavy atom. The van der Waals surface area contributed by atoms with E-state index in [1.807, 2.05) is 36.4 Å². The maximum absolute atomic E-state index is 12.1. The number of fused-ring (bicyclic) bond motifs is 1. The first-order valence-electron chi connectivity index (χ1n) is 8.78. The molecule has 1 amide bonds. The molecule has 5 nitrogen and oxygen atoms in total. The Morgan fingerprint density at radius 2 is 1.78 bits per heavy atom. The first-order valence-corrected chi connectivity index (χ1v) is 8.78. The van der Waals surface area contributed by atoms with Gasteiger partial charge in [0.15, 0.2) is 0 Å². The van der Waals surface area contributed by atoms with Crippen LogP contribution in [0.4, 0.5) is 0 Å². The van der Waals surface area contributed by atoms with Gasteiger partial charge in [-0.3, -0.25) is 4.79 Å². The van der Waals surface area contributed by atoms with Gasteiger partial charge in [0.25, 0.3) is 5.91 Å². The molecule has 2 N–H and O–H groups in total. The molecule has 0 atom stereocenters. The normalized spacial score (nSPS) is 15.9. The van der Waals surface area contributed by atoms with Crippen molar-refractivity contribution >= 4 is 22.4 Å². The van der Waals surface area contributed by atoms with Gasteiger partial charge in [-0.1, -0.05) is 36.4 Å². The number of benzene rings is 2. The van der Waals surface area contributed by atoms with Crippen LogP contribution in [0, 0.1) is 0 Å². The molecule has 27 heavy (non-hydrogen) atoms. The summed E-state index contributed by atoms with van der Waals surface area (Å²) in [6.07, 6.45) is 0. The predicted octanol–water partition coefficient (Wildman–Crippen LogP) is 3.99. The molecule has 0 bridgehead atoms. The zero-order valence-electron chi connectivity index (χ0n) is 15.2. The molecular weight excluding hydrogens is 340 g/mol. The number of aliphatic hydroxyl groups is 1. The van der Waals surface area contributed by atoms with Crippen LogP contribution in [0.25, 0.3) is 16.5 Å². The Kier molecular flexibility index (Phi) is 4.07. The number of rotatable bonds is 4. The zero-order chi connectivity index (χ0) is 19.0. The number of amides is 1. The number of para-hydroxylation sites is 1. The Hall–Kier alpha value is -3.34. The monoisotopic (exact) mass is 360 g/mol. The molecule has 0 saturated heterocycles. The standard InChI is InChI=1S/C22H20N2O3/c1-22(2)20(25)19(21(26)24-22)15-8-11-17(12-9-15)27-13-16-10-7-14-5-3-4-6-18(14)23-16/h3-12,25H,13H2,1-2H3,(H,24,26). The molecule has 0 unspecified atom stereocenters. The van der Waals surface area contributed by atoms with Crippen LogP contribution < -0.4 is 10.1 Å². The second-order valence-electron chi connectivity index (χ2n) is 7.11. The maximum Gasteiger partial charge on any atom is 0.256 e. The number of carbonyl (C=O) groups excluding carboxylic acids is 1. The van der Waals surface area contributed by atoms with Crippen LogP contribution in [0.1, 0.15) is 25.1 Å². The molecule has 0 fully saturated rings. The summed E-state index contributed by atoms with van der Waals surface area (Å²) in [6, 6.07) is 19.0. The molecule has 1 aliphatic rings. The molecule has 0 spiro atoms. The average Bonchev–Trinajstić information content (AvgIpc) is 2.87. The van der Waals surface area contributed by atoms with E-state index in [4.69, 9.17) is 4.74 Å². The third-order valence-corrected chi connectivity index (χ3v) is 4.67. The highest BCUT2D eigenvalue weighted by atomic mass is 16.5. The number of ether oxygens (including phenoxy) is 1. The molecule has 2 heterocycles. The lowest BCUT2D eigenvalue weighted by Crippen LogP contribution is -2.38. The van der Waals surface area contributed by atoms with Gasteiger partial charge in [0, 0.05) is 5.39 Å². The third-order valence-electron chi connectivity index (χ3n) is 4.67. The average molecular weight is 360 g/mol. The Morgan fingerprint density at radius 1 is 1.04 bits per heavy atom. The fraction of sp³-hybridized carbons (Fsp3) is 0.182. The van der Waals surface area contributed by atoms with Crippen molar-refractivity contribution in [1.82, 2.24) is 10.3 Å². The minimum absolute atomic E-state index is 0.0570. The highest BCUT2D eigenvalue weighted by Crippen LogP contribution is 2.32. The summed E-state index contributed by atoms with van der Waals surface area (Å²) in [7, 11) is 0. The van der Waals surface area contributed by atoms with Gasteiger partial charge in [-0.2, -0.15) is 0 Å². The van der Waals surface area contributed by atoms with Gasteiger partial charge in [-0.25, -0.2) is 4.98 Å². The zero-order valence-corrected chi connectivity index (χ0v) is 15.2. The van der Waals surface area contributed by atoms with Crippen LogP contribution in [0.5, 0.6) is 5.75 Å². The van der Waals surface area contributed by atoms with E-state index in [-0.39, 0.29) is 11.7 Å². The number of pyridine rings is 1.